The highest BCUT2D eigenvalue weighted by Gasteiger charge is 2.47. The molecule has 0 aromatic carbocycles. The van der Waals surface area contributed by atoms with Gasteiger partial charge in [-0.1, -0.05) is 0 Å². The van der Waals surface area contributed by atoms with Crippen LogP contribution in [-0.2, 0) is 4.74 Å². The molecule has 2 aliphatic heterocycles. The maximum atomic E-state index is 9.10. The number of rotatable bonds is 2. The molecule has 0 amide bonds. The van der Waals surface area contributed by atoms with Crippen LogP contribution in [-0.4, -0.2) is 29.5 Å². The lowest BCUT2D eigenvalue weighted by Gasteiger charge is -2.33. The van der Waals surface area contributed by atoms with Gasteiger partial charge in [0, 0.05) is 11.5 Å². The summed E-state index contributed by atoms with van der Waals surface area (Å²) in [5.41, 5.74) is 5.53. The van der Waals surface area contributed by atoms with E-state index in [1.807, 2.05) is 6.92 Å². The summed E-state index contributed by atoms with van der Waals surface area (Å²) in [6.07, 6.45) is 4.09. The molecular formula is C9H17NO2. The maximum absolute atomic E-state index is 9.10. The lowest BCUT2D eigenvalue weighted by atomic mass is 9.76. The number of hydrogen-bond donors (Lipinski definition) is 2. The van der Waals surface area contributed by atoms with E-state index in [-0.39, 0.29) is 6.61 Å². The molecule has 0 aliphatic carbocycles. The van der Waals surface area contributed by atoms with Gasteiger partial charge in [-0.2, -0.15) is 0 Å². The maximum Gasteiger partial charge on any atom is 0.0627 e. The van der Waals surface area contributed by atoms with Gasteiger partial charge < -0.3 is 15.6 Å². The van der Waals surface area contributed by atoms with Crippen LogP contribution in [0.4, 0.5) is 0 Å². The molecule has 3 nitrogen and oxygen atoms in total. The molecule has 2 bridgehead atoms. The molecule has 2 heterocycles. The van der Waals surface area contributed by atoms with Crippen molar-refractivity contribution in [3.8, 4) is 0 Å². The highest BCUT2D eigenvalue weighted by Crippen LogP contribution is 2.42. The summed E-state index contributed by atoms with van der Waals surface area (Å²) in [6, 6.07) is 0. The molecule has 0 saturated carbocycles. The predicted molar refractivity (Wildman–Crippen MR) is 45.7 cm³/mol. The van der Waals surface area contributed by atoms with Crippen LogP contribution in [0.5, 0.6) is 0 Å². The van der Waals surface area contributed by atoms with Crippen LogP contribution in [0.1, 0.15) is 26.2 Å². The Kier molecular flexibility index (Phi) is 1.90. The van der Waals surface area contributed by atoms with Gasteiger partial charge in [0.15, 0.2) is 0 Å². The third-order valence-electron chi connectivity index (χ3n) is 3.29. The fourth-order valence-corrected chi connectivity index (χ4v) is 2.45. The minimum Gasteiger partial charge on any atom is -0.394 e. The van der Waals surface area contributed by atoms with Crippen molar-refractivity contribution in [3.05, 3.63) is 0 Å². The number of aliphatic hydroxyl groups is 1. The Morgan fingerprint density at radius 2 is 2.33 bits per heavy atom. The van der Waals surface area contributed by atoms with Crippen molar-refractivity contribution >= 4 is 0 Å². The second kappa shape index (κ2) is 2.69. The molecule has 2 rings (SSSR count). The first-order chi connectivity index (χ1) is 5.63. The summed E-state index contributed by atoms with van der Waals surface area (Å²) in [5.74, 6) is 0.362. The lowest BCUT2D eigenvalue weighted by molar-refractivity contribution is 0.0634. The van der Waals surface area contributed by atoms with Crippen molar-refractivity contribution in [2.75, 3.05) is 6.61 Å². The van der Waals surface area contributed by atoms with Crippen LogP contribution < -0.4 is 5.73 Å². The molecule has 2 saturated heterocycles. The Labute approximate surface area is 72.9 Å². The summed E-state index contributed by atoms with van der Waals surface area (Å²) in [4.78, 5) is 0. The first kappa shape index (κ1) is 8.48. The van der Waals surface area contributed by atoms with Gasteiger partial charge >= 0.3 is 0 Å². The van der Waals surface area contributed by atoms with Crippen LogP contribution in [0.25, 0.3) is 0 Å². The van der Waals surface area contributed by atoms with Gasteiger partial charge in [-0.05, 0) is 26.2 Å². The molecule has 2 aliphatic rings. The van der Waals surface area contributed by atoms with Crippen LogP contribution >= 0.6 is 0 Å². The molecule has 4 unspecified atom stereocenters. The van der Waals surface area contributed by atoms with E-state index in [0.29, 0.717) is 18.1 Å². The number of ether oxygens (including phenoxy) is 1. The standard InChI is InChI=1S/C9H17NO2/c1-9(10,5-11)7-4-6-2-3-8(7)12-6/h6-8,11H,2-5,10H2,1H3. The third-order valence-corrected chi connectivity index (χ3v) is 3.29. The van der Waals surface area contributed by atoms with Gasteiger partial charge in [-0.3, -0.25) is 0 Å². The van der Waals surface area contributed by atoms with E-state index >= 15 is 0 Å². The molecule has 0 spiro atoms. The Bertz CT molecular complexity index is 181. The molecule has 0 aromatic rings. The SMILES string of the molecule is CC(N)(CO)C1CC2CCC1O2. The molecule has 0 radical (unpaired) electrons. The largest absolute Gasteiger partial charge is 0.394 e. The molecular weight excluding hydrogens is 154 g/mol. The predicted octanol–water partition coefficient (Wildman–Crippen LogP) is 0.264. The Morgan fingerprint density at radius 3 is 2.75 bits per heavy atom. The number of nitrogens with two attached hydrogens (primary N) is 1. The smallest absolute Gasteiger partial charge is 0.0627 e. The summed E-state index contributed by atoms with van der Waals surface area (Å²) in [5, 5.41) is 9.10. The van der Waals surface area contributed by atoms with Crippen LogP contribution in [0.2, 0.25) is 0 Å². The zero-order valence-corrected chi connectivity index (χ0v) is 7.49. The van der Waals surface area contributed by atoms with Gasteiger partial charge in [0.2, 0.25) is 0 Å². The van der Waals surface area contributed by atoms with Gasteiger partial charge in [0.1, 0.15) is 0 Å². The molecule has 70 valence electrons. The third kappa shape index (κ3) is 1.16. The summed E-state index contributed by atoms with van der Waals surface area (Å²) >= 11 is 0. The fraction of sp³-hybridized carbons (Fsp3) is 1.00. The van der Waals surface area contributed by atoms with E-state index in [0.717, 1.165) is 12.8 Å². The van der Waals surface area contributed by atoms with Crippen molar-refractivity contribution in [1.29, 1.82) is 0 Å². The normalized spacial score (nSPS) is 44.8. The first-order valence-corrected chi connectivity index (χ1v) is 4.68. The molecule has 3 N–H and O–H groups in total. The van der Waals surface area contributed by atoms with Crippen molar-refractivity contribution < 1.29 is 9.84 Å². The van der Waals surface area contributed by atoms with Crippen molar-refractivity contribution in [1.82, 2.24) is 0 Å². The Hall–Kier alpha value is -0.120. The van der Waals surface area contributed by atoms with E-state index in [9.17, 15) is 0 Å². The summed E-state index contributed by atoms with van der Waals surface area (Å²) in [7, 11) is 0. The van der Waals surface area contributed by atoms with Crippen LogP contribution in [0, 0.1) is 5.92 Å². The highest BCUT2D eigenvalue weighted by molar-refractivity contribution is 5.00. The van der Waals surface area contributed by atoms with Gasteiger partial charge in [-0.15, -0.1) is 0 Å². The Morgan fingerprint density at radius 1 is 1.58 bits per heavy atom. The topological polar surface area (TPSA) is 55.5 Å². The zero-order chi connectivity index (χ0) is 8.77. The minimum absolute atomic E-state index is 0.0598. The Balaban J connectivity index is 2.06. The van der Waals surface area contributed by atoms with Crippen molar-refractivity contribution in [2.45, 2.75) is 43.9 Å². The van der Waals surface area contributed by atoms with E-state index in [4.69, 9.17) is 15.6 Å². The molecule has 4 atom stereocenters. The molecule has 0 aromatic heterocycles. The van der Waals surface area contributed by atoms with E-state index in [1.54, 1.807) is 0 Å². The lowest BCUT2D eigenvalue weighted by Crippen LogP contribution is -2.51. The highest BCUT2D eigenvalue weighted by atomic mass is 16.5. The van der Waals surface area contributed by atoms with E-state index in [1.165, 1.54) is 6.42 Å². The van der Waals surface area contributed by atoms with E-state index < -0.39 is 5.54 Å². The minimum atomic E-state index is -0.445. The average molecular weight is 171 g/mol. The first-order valence-electron chi connectivity index (χ1n) is 4.68. The molecule has 2 fully saturated rings. The quantitative estimate of drug-likeness (QED) is 0.626. The van der Waals surface area contributed by atoms with Crippen LogP contribution in [0.15, 0.2) is 0 Å². The van der Waals surface area contributed by atoms with Crippen LogP contribution in [0.3, 0.4) is 0 Å². The number of aliphatic hydroxyl groups excluding tert-OH is 1. The monoisotopic (exact) mass is 171 g/mol. The fourth-order valence-electron chi connectivity index (χ4n) is 2.45. The van der Waals surface area contributed by atoms with Gasteiger partial charge in [0.05, 0.1) is 18.8 Å². The molecule has 3 heteroatoms. The van der Waals surface area contributed by atoms with Gasteiger partial charge in [0.25, 0.3) is 0 Å². The second-order valence-electron chi connectivity index (χ2n) is 4.38. The summed E-state index contributed by atoms with van der Waals surface area (Å²) in [6.45, 7) is 1.98. The summed E-state index contributed by atoms with van der Waals surface area (Å²) < 4.78 is 5.68. The second-order valence-corrected chi connectivity index (χ2v) is 4.38. The number of fused-ring (bicyclic) bond motifs is 2. The average Bonchev–Trinajstić information content (AvgIpc) is 2.64. The number of hydrogen-bond acceptors (Lipinski definition) is 3. The molecule has 12 heavy (non-hydrogen) atoms. The van der Waals surface area contributed by atoms with Gasteiger partial charge in [-0.25, -0.2) is 0 Å². The van der Waals surface area contributed by atoms with Crippen molar-refractivity contribution in [3.63, 3.8) is 0 Å². The van der Waals surface area contributed by atoms with E-state index in [2.05, 4.69) is 0 Å². The zero-order valence-electron chi connectivity index (χ0n) is 7.49. The van der Waals surface area contributed by atoms with Crippen molar-refractivity contribution in [2.24, 2.45) is 11.7 Å².